The molecular weight excluding hydrogens is 360 g/mol. The average Bonchev–Trinajstić information content (AvgIpc) is 2.70. The summed E-state index contributed by atoms with van der Waals surface area (Å²) in [5.41, 5.74) is 1.80. The number of hydrogen-bond donors (Lipinski definition) is 2. The van der Waals surface area contributed by atoms with Gasteiger partial charge < -0.3 is 15.4 Å². The first-order chi connectivity index (χ1) is 13.6. The number of carbonyl (C=O) groups is 4. The smallest absolute Gasteiger partial charge is 0.246 e. The zero-order valence-corrected chi connectivity index (χ0v) is 16.1. The molecule has 1 atom stereocenters. The van der Waals surface area contributed by atoms with Crippen molar-refractivity contribution in [1.82, 2.24) is 10.6 Å². The third-order valence-corrected chi connectivity index (χ3v) is 4.76. The van der Waals surface area contributed by atoms with Crippen molar-refractivity contribution in [2.75, 3.05) is 19.8 Å². The number of hydrogen-bond acceptors (Lipinski definition) is 5. The molecule has 2 amide bonds. The average molecular weight is 388 g/mol. The minimum absolute atomic E-state index is 0.00578. The Kier molecular flexibility index (Phi) is 9.34. The molecule has 1 aromatic carbocycles. The van der Waals surface area contributed by atoms with Gasteiger partial charge >= 0.3 is 0 Å². The van der Waals surface area contributed by atoms with E-state index in [0.29, 0.717) is 45.4 Å². The molecule has 0 heterocycles. The first-order valence-corrected chi connectivity index (χ1v) is 9.75. The van der Waals surface area contributed by atoms with Crippen LogP contribution in [0, 0.1) is 5.92 Å². The molecule has 1 fully saturated rings. The van der Waals surface area contributed by atoms with Gasteiger partial charge in [-0.25, -0.2) is 0 Å². The Hall–Kier alpha value is -2.54. The van der Waals surface area contributed by atoms with Crippen LogP contribution in [0.15, 0.2) is 24.3 Å². The monoisotopic (exact) mass is 388 g/mol. The molecule has 1 aliphatic carbocycles. The Bertz CT molecular complexity index is 672. The van der Waals surface area contributed by atoms with Gasteiger partial charge in [-0.05, 0) is 30.4 Å². The van der Waals surface area contributed by atoms with Gasteiger partial charge in [0, 0.05) is 32.5 Å². The molecule has 1 saturated carbocycles. The molecule has 0 spiro atoms. The summed E-state index contributed by atoms with van der Waals surface area (Å²) >= 11 is 0. The minimum Gasteiger partial charge on any atom is -0.372 e. The van der Waals surface area contributed by atoms with Crippen molar-refractivity contribution in [3.63, 3.8) is 0 Å². The van der Waals surface area contributed by atoms with Gasteiger partial charge in [0.25, 0.3) is 0 Å². The Morgan fingerprint density at radius 2 is 1.89 bits per heavy atom. The van der Waals surface area contributed by atoms with Gasteiger partial charge in [0.2, 0.25) is 12.3 Å². The molecule has 28 heavy (non-hydrogen) atoms. The number of amides is 2. The molecule has 2 rings (SSSR count). The lowest BCUT2D eigenvalue weighted by atomic mass is 9.83. The third-order valence-electron chi connectivity index (χ3n) is 4.76. The molecule has 2 N–H and O–H groups in total. The Morgan fingerprint density at radius 1 is 1.14 bits per heavy atom. The Labute approximate surface area is 165 Å². The topological polar surface area (TPSA) is 102 Å². The number of ketones is 2. The molecule has 1 unspecified atom stereocenters. The lowest BCUT2D eigenvalue weighted by Crippen LogP contribution is -2.28. The molecule has 7 heteroatoms. The largest absolute Gasteiger partial charge is 0.372 e. The second kappa shape index (κ2) is 12.0. The summed E-state index contributed by atoms with van der Waals surface area (Å²) in [6, 6.07) is 7.47. The molecule has 0 saturated heterocycles. The van der Waals surface area contributed by atoms with E-state index in [-0.39, 0.29) is 30.5 Å². The van der Waals surface area contributed by atoms with Crippen LogP contribution in [0.2, 0.25) is 0 Å². The van der Waals surface area contributed by atoms with E-state index >= 15 is 0 Å². The van der Waals surface area contributed by atoms with E-state index in [1.807, 2.05) is 24.3 Å². The van der Waals surface area contributed by atoms with E-state index in [2.05, 4.69) is 10.6 Å². The first-order valence-electron chi connectivity index (χ1n) is 9.75. The predicted molar refractivity (Wildman–Crippen MR) is 103 cm³/mol. The fourth-order valence-electron chi connectivity index (χ4n) is 3.17. The molecule has 152 valence electrons. The maximum absolute atomic E-state index is 12.3. The van der Waals surface area contributed by atoms with E-state index in [0.717, 1.165) is 24.0 Å². The number of ether oxygens (including phenoxy) is 1. The van der Waals surface area contributed by atoms with Gasteiger partial charge in [0.05, 0.1) is 5.92 Å². The highest BCUT2D eigenvalue weighted by molar-refractivity contribution is 6.03. The highest BCUT2D eigenvalue weighted by Gasteiger charge is 2.28. The molecular formula is C21H28N2O5. The fraction of sp³-hybridized carbons (Fsp3) is 0.524. The quantitative estimate of drug-likeness (QED) is 0.320. The Morgan fingerprint density at radius 3 is 2.61 bits per heavy atom. The maximum Gasteiger partial charge on any atom is 0.246 e. The summed E-state index contributed by atoms with van der Waals surface area (Å²) in [6.45, 7) is 1.28. The SMILES string of the molecule is O=CNCCCOCC(=O)NCc1ccc(CC(=O)C2CCCCC2=O)cc1. The van der Waals surface area contributed by atoms with E-state index in [1.54, 1.807) is 0 Å². The lowest BCUT2D eigenvalue weighted by Gasteiger charge is -2.19. The number of rotatable bonds is 12. The number of benzene rings is 1. The van der Waals surface area contributed by atoms with Gasteiger partial charge in [-0.15, -0.1) is 0 Å². The molecule has 0 bridgehead atoms. The second-order valence-electron chi connectivity index (χ2n) is 6.98. The van der Waals surface area contributed by atoms with E-state index < -0.39 is 5.92 Å². The molecule has 7 nitrogen and oxygen atoms in total. The molecule has 0 aromatic heterocycles. The predicted octanol–water partition coefficient (Wildman–Crippen LogP) is 1.33. The Balaban J connectivity index is 1.67. The van der Waals surface area contributed by atoms with Gasteiger partial charge in [0.1, 0.15) is 18.2 Å². The summed E-state index contributed by atoms with van der Waals surface area (Å²) in [4.78, 5) is 46.0. The second-order valence-corrected chi connectivity index (χ2v) is 6.98. The van der Waals surface area contributed by atoms with Crippen molar-refractivity contribution in [1.29, 1.82) is 0 Å². The zero-order valence-electron chi connectivity index (χ0n) is 16.1. The van der Waals surface area contributed by atoms with Gasteiger partial charge in [-0.3, -0.25) is 19.2 Å². The van der Waals surface area contributed by atoms with Gasteiger partial charge in [-0.1, -0.05) is 30.7 Å². The van der Waals surface area contributed by atoms with Crippen molar-refractivity contribution >= 4 is 23.9 Å². The normalized spacial score (nSPS) is 16.4. The first kappa shape index (κ1) is 21.8. The molecule has 0 aliphatic heterocycles. The van der Waals surface area contributed by atoms with Crippen molar-refractivity contribution in [3.05, 3.63) is 35.4 Å². The van der Waals surface area contributed by atoms with Crippen LogP contribution >= 0.6 is 0 Å². The highest BCUT2D eigenvalue weighted by Crippen LogP contribution is 2.22. The molecule has 1 aliphatic rings. The molecule has 0 radical (unpaired) electrons. The van der Waals surface area contributed by atoms with Crippen LogP contribution in [0.25, 0.3) is 0 Å². The van der Waals surface area contributed by atoms with Gasteiger partial charge in [0.15, 0.2) is 0 Å². The fourth-order valence-corrected chi connectivity index (χ4v) is 3.17. The van der Waals surface area contributed by atoms with Crippen molar-refractivity contribution in [3.8, 4) is 0 Å². The minimum atomic E-state index is -0.429. The summed E-state index contributed by atoms with van der Waals surface area (Å²) in [5, 5.41) is 5.29. The third kappa shape index (κ3) is 7.60. The zero-order chi connectivity index (χ0) is 20.2. The lowest BCUT2D eigenvalue weighted by molar-refractivity contribution is -0.134. The van der Waals surface area contributed by atoms with E-state index in [9.17, 15) is 19.2 Å². The summed E-state index contributed by atoms with van der Waals surface area (Å²) in [5.74, 6) is -0.551. The maximum atomic E-state index is 12.3. The summed E-state index contributed by atoms with van der Waals surface area (Å²) < 4.78 is 5.23. The number of Topliss-reactive ketones (excluding diaryl/α,β-unsaturated/α-hetero) is 2. The van der Waals surface area contributed by atoms with Crippen LogP contribution in [-0.2, 0) is 36.9 Å². The van der Waals surface area contributed by atoms with Crippen LogP contribution in [0.5, 0.6) is 0 Å². The van der Waals surface area contributed by atoms with Crippen molar-refractivity contribution in [2.45, 2.75) is 45.1 Å². The molecule has 1 aromatic rings. The standard InChI is InChI=1S/C21H28N2O5/c24-15-22-10-3-11-28-14-21(27)23-13-17-8-6-16(7-9-17)12-20(26)18-4-1-2-5-19(18)25/h6-9,15,18H,1-5,10-14H2,(H,22,24)(H,23,27). The van der Waals surface area contributed by atoms with Gasteiger partial charge in [-0.2, -0.15) is 0 Å². The van der Waals surface area contributed by atoms with Crippen molar-refractivity contribution < 1.29 is 23.9 Å². The number of nitrogens with one attached hydrogen (secondary N) is 2. The van der Waals surface area contributed by atoms with Crippen LogP contribution < -0.4 is 10.6 Å². The highest BCUT2D eigenvalue weighted by atomic mass is 16.5. The van der Waals surface area contributed by atoms with E-state index in [4.69, 9.17) is 4.74 Å². The van der Waals surface area contributed by atoms with Crippen molar-refractivity contribution in [2.24, 2.45) is 5.92 Å². The number of carbonyl (C=O) groups excluding carboxylic acids is 4. The van der Waals surface area contributed by atoms with Crippen LogP contribution in [0.4, 0.5) is 0 Å². The van der Waals surface area contributed by atoms with E-state index in [1.165, 1.54) is 0 Å². The summed E-state index contributed by atoms with van der Waals surface area (Å²) in [6.07, 6.45) is 4.59. The van der Waals surface area contributed by atoms with Crippen LogP contribution in [-0.4, -0.2) is 43.6 Å². The van der Waals surface area contributed by atoms with Crippen LogP contribution in [0.1, 0.15) is 43.2 Å². The van der Waals surface area contributed by atoms with Crippen LogP contribution in [0.3, 0.4) is 0 Å². The summed E-state index contributed by atoms with van der Waals surface area (Å²) in [7, 11) is 0.